The third kappa shape index (κ3) is 2.80. The average Bonchev–Trinajstić information content (AvgIpc) is 3.17. The topological polar surface area (TPSA) is 123 Å². The summed E-state index contributed by atoms with van der Waals surface area (Å²) in [4.78, 5) is 12.2. The second-order valence-corrected chi connectivity index (χ2v) is 7.10. The fraction of sp³-hybridized carbons (Fsp3) is 0.182. The highest BCUT2D eigenvalue weighted by Crippen LogP contribution is 2.38. The van der Waals surface area contributed by atoms with Gasteiger partial charge in [-0.2, -0.15) is 15.5 Å². The zero-order valence-electron chi connectivity index (χ0n) is 16.1. The third-order valence-electron chi connectivity index (χ3n) is 5.42. The molecule has 0 spiro atoms. The number of benzene rings is 2. The van der Waals surface area contributed by atoms with Crippen LogP contribution in [0.15, 0.2) is 47.4 Å². The van der Waals surface area contributed by atoms with Gasteiger partial charge in [-0.05, 0) is 29.3 Å². The van der Waals surface area contributed by atoms with Crippen LogP contribution in [0.2, 0.25) is 0 Å². The molecule has 1 aliphatic heterocycles. The van der Waals surface area contributed by atoms with E-state index in [-0.39, 0.29) is 12.1 Å². The maximum absolute atomic E-state index is 12.2. The number of hydrogen-bond acceptors (Lipinski definition) is 6. The SMILES string of the molecule is N#Cc1cccc2c1-c1c(-c3ccc4c(=O)[nH]nc(CN)c4c3)cnn1CCOC2. The second-order valence-electron chi connectivity index (χ2n) is 7.10. The summed E-state index contributed by atoms with van der Waals surface area (Å²) >= 11 is 0. The molecule has 0 aliphatic carbocycles. The van der Waals surface area contributed by atoms with Crippen molar-refractivity contribution in [2.24, 2.45) is 5.73 Å². The van der Waals surface area contributed by atoms with Crippen LogP contribution in [0.3, 0.4) is 0 Å². The molecule has 2 aromatic heterocycles. The maximum Gasteiger partial charge on any atom is 0.272 e. The van der Waals surface area contributed by atoms with Gasteiger partial charge in [-0.1, -0.05) is 18.2 Å². The number of hydrogen-bond donors (Lipinski definition) is 2. The van der Waals surface area contributed by atoms with Gasteiger partial charge in [-0.25, -0.2) is 5.10 Å². The first-order valence-electron chi connectivity index (χ1n) is 9.59. The van der Waals surface area contributed by atoms with E-state index in [1.165, 1.54) is 0 Å². The van der Waals surface area contributed by atoms with Crippen LogP contribution in [0.5, 0.6) is 0 Å². The van der Waals surface area contributed by atoms with Crippen LogP contribution in [0.1, 0.15) is 16.8 Å². The van der Waals surface area contributed by atoms with Gasteiger partial charge in [0, 0.05) is 23.1 Å². The van der Waals surface area contributed by atoms with Crippen LogP contribution < -0.4 is 11.3 Å². The summed E-state index contributed by atoms with van der Waals surface area (Å²) in [5, 5.41) is 22.1. The predicted molar refractivity (Wildman–Crippen MR) is 111 cm³/mol. The van der Waals surface area contributed by atoms with Crippen molar-refractivity contribution in [3.8, 4) is 28.5 Å². The minimum Gasteiger partial charge on any atom is -0.375 e. The monoisotopic (exact) mass is 398 g/mol. The largest absolute Gasteiger partial charge is 0.375 e. The average molecular weight is 398 g/mol. The van der Waals surface area contributed by atoms with E-state index in [0.717, 1.165) is 27.9 Å². The molecule has 3 N–H and O–H groups in total. The molecule has 8 heteroatoms. The number of nitrogens with two attached hydrogens (primary N) is 1. The van der Waals surface area contributed by atoms with Gasteiger partial charge in [0.15, 0.2) is 0 Å². The van der Waals surface area contributed by atoms with E-state index in [0.29, 0.717) is 41.8 Å². The Bertz CT molecular complexity index is 1380. The molecule has 5 rings (SSSR count). The van der Waals surface area contributed by atoms with Crippen molar-refractivity contribution in [1.29, 1.82) is 5.26 Å². The van der Waals surface area contributed by atoms with Crippen molar-refractivity contribution in [1.82, 2.24) is 20.0 Å². The van der Waals surface area contributed by atoms with Gasteiger partial charge < -0.3 is 10.5 Å². The number of rotatable bonds is 2. The molecule has 3 heterocycles. The molecule has 0 saturated carbocycles. The van der Waals surface area contributed by atoms with Gasteiger partial charge in [0.1, 0.15) is 0 Å². The number of ether oxygens (including phenoxy) is 1. The maximum atomic E-state index is 12.2. The van der Waals surface area contributed by atoms with E-state index in [9.17, 15) is 10.1 Å². The summed E-state index contributed by atoms with van der Waals surface area (Å²) in [6.45, 7) is 1.75. The molecule has 4 aromatic rings. The summed E-state index contributed by atoms with van der Waals surface area (Å²) in [6.07, 6.45) is 1.79. The third-order valence-corrected chi connectivity index (χ3v) is 5.42. The van der Waals surface area contributed by atoms with Crippen molar-refractivity contribution in [2.45, 2.75) is 19.7 Å². The van der Waals surface area contributed by atoms with E-state index in [1.54, 1.807) is 18.3 Å². The van der Waals surface area contributed by atoms with E-state index in [1.807, 2.05) is 28.9 Å². The van der Waals surface area contributed by atoms with Crippen molar-refractivity contribution >= 4 is 10.8 Å². The normalized spacial score (nSPS) is 13.2. The lowest BCUT2D eigenvalue weighted by Crippen LogP contribution is -2.14. The smallest absolute Gasteiger partial charge is 0.272 e. The Morgan fingerprint density at radius 1 is 1.27 bits per heavy atom. The number of aromatic nitrogens is 4. The summed E-state index contributed by atoms with van der Waals surface area (Å²) in [5.74, 6) is 0. The summed E-state index contributed by atoms with van der Waals surface area (Å²) in [5.41, 5.74) is 11.2. The molecule has 0 fully saturated rings. The van der Waals surface area contributed by atoms with E-state index in [2.05, 4.69) is 21.4 Å². The lowest BCUT2D eigenvalue weighted by atomic mass is 9.93. The van der Waals surface area contributed by atoms with Crippen LogP contribution in [-0.4, -0.2) is 26.6 Å². The lowest BCUT2D eigenvalue weighted by molar-refractivity contribution is 0.109. The standard InChI is InChI=1S/C22H18N6O2/c23-9-14-2-1-3-15-12-30-7-6-28-21(20(14)15)18(11-25-28)13-4-5-16-17(8-13)19(10-24)26-27-22(16)29/h1-5,8,11H,6-7,10,12,24H2,(H,27,29). The van der Waals surface area contributed by atoms with Crippen LogP contribution in [0.25, 0.3) is 33.2 Å². The number of nitrogens with zero attached hydrogens (tertiary/aromatic N) is 4. The summed E-state index contributed by atoms with van der Waals surface area (Å²) in [6, 6.07) is 13.5. The molecule has 2 aromatic carbocycles. The second kappa shape index (κ2) is 7.22. The Morgan fingerprint density at radius 3 is 3.00 bits per heavy atom. The van der Waals surface area contributed by atoms with Gasteiger partial charge >= 0.3 is 0 Å². The molecule has 0 radical (unpaired) electrons. The Labute approximate surface area is 171 Å². The molecule has 148 valence electrons. The molecule has 0 bridgehead atoms. The molecule has 0 amide bonds. The van der Waals surface area contributed by atoms with Gasteiger partial charge in [0.25, 0.3) is 5.56 Å². The molecule has 30 heavy (non-hydrogen) atoms. The molecule has 0 atom stereocenters. The van der Waals surface area contributed by atoms with E-state index in [4.69, 9.17) is 10.5 Å². The number of nitrogens with one attached hydrogen (secondary N) is 1. The van der Waals surface area contributed by atoms with Crippen molar-refractivity contribution < 1.29 is 4.74 Å². The van der Waals surface area contributed by atoms with Crippen LogP contribution >= 0.6 is 0 Å². The van der Waals surface area contributed by atoms with Gasteiger partial charge in [-0.3, -0.25) is 9.48 Å². The fourth-order valence-electron chi connectivity index (χ4n) is 4.00. The number of H-pyrrole nitrogens is 1. The van der Waals surface area contributed by atoms with E-state index >= 15 is 0 Å². The number of aromatic amines is 1. The zero-order chi connectivity index (χ0) is 20.7. The summed E-state index contributed by atoms with van der Waals surface area (Å²) in [7, 11) is 0. The first-order valence-corrected chi connectivity index (χ1v) is 9.59. The van der Waals surface area contributed by atoms with Crippen LogP contribution in [0.4, 0.5) is 0 Å². The summed E-state index contributed by atoms with van der Waals surface area (Å²) < 4.78 is 7.62. The molecule has 8 nitrogen and oxygen atoms in total. The Hall–Kier alpha value is -3.80. The molecule has 0 unspecified atom stereocenters. The Balaban J connectivity index is 1.80. The zero-order valence-corrected chi connectivity index (χ0v) is 16.1. The van der Waals surface area contributed by atoms with Gasteiger partial charge in [0.2, 0.25) is 0 Å². The van der Waals surface area contributed by atoms with Crippen LogP contribution in [-0.2, 0) is 24.4 Å². The highest BCUT2D eigenvalue weighted by atomic mass is 16.5. The van der Waals surface area contributed by atoms with Crippen molar-refractivity contribution in [3.63, 3.8) is 0 Å². The molecule has 1 aliphatic rings. The van der Waals surface area contributed by atoms with Crippen molar-refractivity contribution in [3.05, 3.63) is 69.8 Å². The Kier molecular flexibility index (Phi) is 4.39. The first-order chi connectivity index (χ1) is 14.7. The number of fused-ring (bicyclic) bond motifs is 4. The molecule has 0 saturated heterocycles. The predicted octanol–water partition coefficient (Wildman–Crippen LogP) is 2.31. The van der Waals surface area contributed by atoms with Gasteiger partial charge in [0.05, 0.1) is 54.4 Å². The highest BCUT2D eigenvalue weighted by molar-refractivity contribution is 5.92. The van der Waals surface area contributed by atoms with Crippen LogP contribution in [0, 0.1) is 11.3 Å². The first kappa shape index (κ1) is 18.2. The fourth-order valence-corrected chi connectivity index (χ4v) is 4.00. The molecular weight excluding hydrogens is 380 g/mol. The minimum atomic E-state index is -0.256. The lowest BCUT2D eigenvalue weighted by Gasteiger charge is -2.19. The minimum absolute atomic E-state index is 0.210. The quantitative estimate of drug-likeness (QED) is 0.534. The van der Waals surface area contributed by atoms with Crippen molar-refractivity contribution in [2.75, 3.05) is 6.61 Å². The van der Waals surface area contributed by atoms with Gasteiger partial charge in [-0.15, -0.1) is 0 Å². The number of nitriles is 1. The highest BCUT2D eigenvalue weighted by Gasteiger charge is 2.23. The Morgan fingerprint density at radius 2 is 2.17 bits per heavy atom. The van der Waals surface area contributed by atoms with E-state index < -0.39 is 0 Å². The molecular formula is C22H18N6O2.